The first-order chi connectivity index (χ1) is 8.29. The van der Waals surface area contributed by atoms with E-state index in [2.05, 4.69) is 26.7 Å². The average molecular weight is 256 g/mol. The smallest absolute Gasteiger partial charge is 0.134 e. The molecule has 1 aromatic heterocycles. The topological polar surface area (TPSA) is 61.3 Å². The lowest BCUT2D eigenvalue weighted by Crippen LogP contribution is -2.37. The molecular formula is C11H20N4OS. The maximum absolute atomic E-state index is 9.63. The van der Waals surface area contributed by atoms with Crippen LogP contribution >= 0.6 is 11.5 Å². The Hall–Kier alpha value is -0.720. The lowest BCUT2D eigenvalue weighted by atomic mass is 10.1. The van der Waals surface area contributed by atoms with Crippen LogP contribution in [0.2, 0.25) is 0 Å². The van der Waals surface area contributed by atoms with Gasteiger partial charge in [-0.2, -0.15) is 0 Å². The summed E-state index contributed by atoms with van der Waals surface area (Å²) in [6, 6.07) is 0. The van der Waals surface area contributed by atoms with Gasteiger partial charge in [-0.25, -0.2) is 0 Å². The van der Waals surface area contributed by atoms with E-state index in [-0.39, 0.29) is 6.10 Å². The predicted octanol–water partition coefficient (Wildman–Crippen LogP) is 1.32. The Morgan fingerprint density at radius 3 is 3.24 bits per heavy atom. The van der Waals surface area contributed by atoms with E-state index in [9.17, 15) is 5.11 Å². The van der Waals surface area contributed by atoms with Crippen LogP contribution in [-0.4, -0.2) is 45.3 Å². The third kappa shape index (κ3) is 3.62. The molecule has 0 aromatic carbocycles. The number of aliphatic hydroxyl groups is 1. The minimum absolute atomic E-state index is 0.178. The monoisotopic (exact) mass is 256 g/mol. The first-order valence-electron chi connectivity index (χ1n) is 6.25. The number of nitrogens with one attached hydrogen (secondary N) is 1. The van der Waals surface area contributed by atoms with Gasteiger partial charge in [-0.05, 0) is 25.8 Å². The summed E-state index contributed by atoms with van der Waals surface area (Å²) in [5.41, 5.74) is 1.01. The summed E-state index contributed by atoms with van der Waals surface area (Å²) in [5, 5.41) is 18.2. The Bertz CT molecular complexity index is 344. The summed E-state index contributed by atoms with van der Waals surface area (Å²) < 4.78 is 4.00. The maximum Gasteiger partial charge on any atom is 0.134 e. The molecule has 0 spiro atoms. The summed E-state index contributed by atoms with van der Waals surface area (Å²) in [6.07, 6.45) is 2.91. The third-order valence-corrected chi connectivity index (χ3v) is 3.67. The van der Waals surface area contributed by atoms with E-state index in [1.165, 1.54) is 11.5 Å². The highest BCUT2D eigenvalue weighted by atomic mass is 32.1. The van der Waals surface area contributed by atoms with Crippen molar-refractivity contribution in [3.8, 4) is 0 Å². The molecule has 1 fully saturated rings. The fourth-order valence-electron chi connectivity index (χ4n) is 2.07. The fraction of sp³-hybridized carbons (Fsp3) is 0.818. The highest BCUT2D eigenvalue weighted by molar-refractivity contribution is 7.10. The number of aliphatic hydroxyl groups excluding tert-OH is 1. The molecule has 0 bridgehead atoms. The normalized spacial score (nSPS) is 21.6. The fourth-order valence-corrected chi connectivity index (χ4v) is 2.67. The second-order valence-electron chi connectivity index (χ2n) is 4.51. The molecule has 0 radical (unpaired) electrons. The molecule has 1 unspecified atom stereocenters. The zero-order valence-corrected chi connectivity index (χ0v) is 11.0. The van der Waals surface area contributed by atoms with Crippen molar-refractivity contribution in [1.82, 2.24) is 14.5 Å². The van der Waals surface area contributed by atoms with Crippen LogP contribution < -0.4 is 5.32 Å². The van der Waals surface area contributed by atoms with Crippen LogP contribution in [0.3, 0.4) is 0 Å². The van der Waals surface area contributed by atoms with Gasteiger partial charge < -0.3 is 10.4 Å². The van der Waals surface area contributed by atoms with Crippen LogP contribution in [0.4, 0.5) is 5.00 Å². The van der Waals surface area contributed by atoms with Crippen molar-refractivity contribution in [3.63, 3.8) is 0 Å². The van der Waals surface area contributed by atoms with Gasteiger partial charge in [0.1, 0.15) is 10.7 Å². The van der Waals surface area contributed by atoms with Gasteiger partial charge in [0.05, 0.1) is 6.10 Å². The quantitative estimate of drug-likeness (QED) is 0.832. The summed E-state index contributed by atoms with van der Waals surface area (Å²) in [5.74, 6) is 0. The highest BCUT2D eigenvalue weighted by Gasteiger charge is 2.19. The number of hydrogen-bond donors (Lipinski definition) is 2. The first kappa shape index (κ1) is 12.7. The van der Waals surface area contributed by atoms with Gasteiger partial charge in [0.25, 0.3) is 0 Å². The molecule has 1 aliphatic heterocycles. The Morgan fingerprint density at radius 2 is 2.47 bits per heavy atom. The van der Waals surface area contributed by atoms with Crippen molar-refractivity contribution >= 4 is 16.5 Å². The predicted molar refractivity (Wildman–Crippen MR) is 69.2 cm³/mol. The Labute approximate surface area is 106 Å². The molecule has 0 saturated carbocycles. The molecule has 6 heteroatoms. The maximum atomic E-state index is 9.63. The van der Waals surface area contributed by atoms with Crippen LogP contribution in [0.5, 0.6) is 0 Å². The van der Waals surface area contributed by atoms with E-state index < -0.39 is 0 Å². The van der Waals surface area contributed by atoms with Crippen LogP contribution in [0.25, 0.3) is 0 Å². The van der Waals surface area contributed by atoms with Crippen molar-refractivity contribution in [2.75, 3.05) is 25.0 Å². The minimum Gasteiger partial charge on any atom is -0.392 e. The Morgan fingerprint density at radius 1 is 1.59 bits per heavy atom. The van der Waals surface area contributed by atoms with Crippen molar-refractivity contribution in [3.05, 3.63) is 5.69 Å². The van der Waals surface area contributed by atoms with E-state index >= 15 is 0 Å². The zero-order chi connectivity index (χ0) is 12.1. The summed E-state index contributed by atoms with van der Waals surface area (Å²) in [7, 11) is 0. The Kier molecular flexibility index (Phi) is 4.70. The van der Waals surface area contributed by atoms with Crippen molar-refractivity contribution in [2.24, 2.45) is 0 Å². The summed E-state index contributed by atoms with van der Waals surface area (Å²) >= 11 is 1.42. The number of anilines is 1. The highest BCUT2D eigenvalue weighted by Crippen LogP contribution is 2.21. The molecule has 2 N–H and O–H groups in total. The van der Waals surface area contributed by atoms with Gasteiger partial charge in [0.2, 0.25) is 0 Å². The second kappa shape index (κ2) is 6.28. The third-order valence-electron chi connectivity index (χ3n) is 2.95. The van der Waals surface area contributed by atoms with Gasteiger partial charge in [-0.15, -0.1) is 5.10 Å². The first-order valence-corrected chi connectivity index (χ1v) is 7.02. The van der Waals surface area contributed by atoms with E-state index in [1.54, 1.807) is 0 Å². The van der Waals surface area contributed by atoms with Crippen molar-refractivity contribution < 1.29 is 5.11 Å². The summed E-state index contributed by atoms with van der Waals surface area (Å²) in [4.78, 5) is 2.25. The molecule has 17 heavy (non-hydrogen) atoms. The molecule has 2 heterocycles. The SMILES string of the molecule is CCCNc1snnc1CN1CCCC(O)C1. The Balaban J connectivity index is 1.91. The average Bonchev–Trinajstić information content (AvgIpc) is 2.74. The summed E-state index contributed by atoms with van der Waals surface area (Å²) in [6.45, 7) is 5.69. The number of aromatic nitrogens is 2. The number of hydrogen-bond acceptors (Lipinski definition) is 6. The van der Waals surface area contributed by atoms with E-state index in [0.717, 1.165) is 56.1 Å². The van der Waals surface area contributed by atoms with Gasteiger partial charge in [-0.1, -0.05) is 11.4 Å². The molecular weight excluding hydrogens is 236 g/mol. The number of likely N-dealkylation sites (tertiary alicyclic amines) is 1. The van der Waals surface area contributed by atoms with Gasteiger partial charge >= 0.3 is 0 Å². The minimum atomic E-state index is -0.178. The molecule has 1 saturated heterocycles. The van der Waals surface area contributed by atoms with Crippen LogP contribution in [-0.2, 0) is 6.54 Å². The largest absolute Gasteiger partial charge is 0.392 e. The molecule has 0 amide bonds. The van der Waals surface area contributed by atoms with E-state index in [0.29, 0.717) is 0 Å². The lowest BCUT2D eigenvalue weighted by Gasteiger charge is -2.29. The standard InChI is InChI=1S/C11H20N4OS/c1-2-5-12-11-10(13-14-17-11)8-15-6-3-4-9(16)7-15/h9,12,16H,2-8H2,1H3. The number of piperidine rings is 1. The number of β-amino-alcohol motifs (C(OH)–C–C–N with tert-alkyl or cyclic N) is 1. The number of nitrogens with zero attached hydrogens (tertiary/aromatic N) is 3. The second-order valence-corrected chi connectivity index (χ2v) is 5.26. The molecule has 1 aromatic rings. The number of rotatable bonds is 5. The molecule has 1 aliphatic rings. The van der Waals surface area contributed by atoms with Gasteiger partial charge in [0.15, 0.2) is 0 Å². The molecule has 2 rings (SSSR count). The van der Waals surface area contributed by atoms with Gasteiger partial charge in [0, 0.05) is 31.2 Å². The van der Waals surface area contributed by atoms with Crippen molar-refractivity contribution in [1.29, 1.82) is 0 Å². The van der Waals surface area contributed by atoms with Crippen LogP contribution in [0, 0.1) is 0 Å². The molecule has 5 nitrogen and oxygen atoms in total. The molecule has 0 aliphatic carbocycles. The van der Waals surface area contributed by atoms with Crippen LogP contribution in [0.15, 0.2) is 0 Å². The van der Waals surface area contributed by atoms with E-state index in [4.69, 9.17) is 0 Å². The lowest BCUT2D eigenvalue weighted by molar-refractivity contribution is 0.0663. The van der Waals surface area contributed by atoms with E-state index in [1.807, 2.05) is 0 Å². The van der Waals surface area contributed by atoms with Crippen LogP contribution in [0.1, 0.15) is 31.9 Å². The van der Waals surface area contributed by atoms with Crippen molar-refractivity contribution in [2.45, 2.75) is 38.8 Å². The molecule has 1 atom stereocenters. The van der Waals surface area contributed by atoms with Gasteiger partial charge in [-0.3, -0.25) is 4.90 Å². The zero-order valence-electron chi connectivity index (χ0n) is 10.2. The molecule has 96 valence electrons.